The molecule has 1 atom stereocenters. The molecule has 1 aromatic carbocycles. The van der Waals surface area contributed by atoms with Crippen molar-refractivity contribution in [3.05, 3.63) is 29.3 Å². The molecule has 27 heavy (non-hydrogen) atoms. The summed E-state index contributed by atoms with van der Waals surface area (Å²) >= 11 is 0. The average molecular weight is 372 g/mol. The highest BCUT2D eigenvalue weighted by atomic mass is 16.5. The van der Waals surface area contributed by atoms with Gasteiger partial charge in [0, 0.05) is 24.7 Å². The maximum Gasteiger partial charge on any atom is 0.311 e. The largest absolute Gasteiger partial charge is 0.455 e. The average Bonchev–Trinajstić information content (AvgIpc) is 3.30. The standard InChI is InChI=1S/C21H28N2O4/c1-3-15-8-6-7-14(2)20(15)22-18(24)13-27-21(26)16-11-19(25)23(12-16)17-9-4-5-10-17/h6-8,16-17H,3-5,9-13H2,1-2H3,(H,22,24)/t16-/m0/s1. The number of amides is 2. The summed E-state index contributed by atoms with van der Waals surface area (Å²) in [5.41, 5.74) is 2.80. The van der Waals surface area contributed by atoms with Crippen LogP contribution in [0.5, 0.6) is 0 Å². The van der Waals surface area contributed by atoms with Gasteiger partial charge in [-0.05, 0) is 37.3 Å². The summed E-state index contributed by atoms with van der Waals surface area (Å²) in [6.07, 6.45) is 5.32. The number of carbonyl (C=O) groups excluding carboxylic acids is 3. The predicted octanol–water partition coefficient (Wildman–Crippen LogP) is 2.83. The van der Waals surface area contributed by atoms with Gasteiger partial charge in [0.05, 0.1) is 5.92 Å². The van der Waals surface area contributed by atoms with Crippen molar-refractivity contribution in [3.8, 4) is 0 Å². The fourth-order valence-corrected chi connectivity index (χ4v) is 4.09. The number of likely N-dealkylation sites (tertiary alicyclic amines) is 1. The molecule has 1 heterocycles. The maximum atomic E-state index is 12.3. The van der Waals surface area contributed by atoms with Gasteiger partial charge in [-0.2, -0.15) is 0 Å². The normalized spacial score (nSPS) is 20.1. The van der Waals surface area contributed by atoms with Gasteiger partial charge in [0.25, 0.3) is 5.91 Å². The molecule has 0 unspecified atom stereocenters. The van der Waals surface area contributed by atoms with Crippen LogP contribution in [0, 0.1) is 12.8 Å². The number of anilines is 1. The minimum absolute atomic E-state index is 0.0285. The van der Waals surface area contributed by atoms with Crippen LogP contribution in [0.3, 0.4) is 0 Å². The topological polar surface area (TPSA) is 75.7 Å². The molecule has 0 bridgehead atoms. The van der Waals surface area contributed by atoms with Gasteiger partial charge in [0.1, 0.15) is 0 Å². The third-order valence-electron chi connectivity index (χ3n) is 5.61. The van der Waals surface area contributed by atoms with Crippen LogP contribution >= 0.6 is 0 Å². The molecule has 2 amide bonds. The van der Waals surface area contributed by atoms with Crippen molar-refractivity contribution in [1.82, 2.24) is 4.90 Å². The zero-order valence-corrected chi connectivity index (χ0v) is 16.1. The molecular formula is C21H28N2O4. The molecule has 3 rings (SSSR count). The van der Waals surface area contributed by atoms with Crippen molar-refractivity contribution in [2.24, 2.45) is 5.92 Å². The fourth-order valence-electron chi connectivity index (χ4n) is 4.09. The van der Waals surface area contributed by atoms with Gasteiger partial charge < -0.3 is 15.0 Å². The molecule has 2 aliphatic rings. The van der Waals surface area contributed by atoms with Crippen molar-refractivity contribution in [3.63, 3.8) is 0 Å². The zero-order valence-electron chi connectivity index (χ0n) is 16.1. The van der Waals surface area contributed by atoms with Gasteiger partial charge in [-0.3, -0.25) is 14.4 Å². The van der Waals surface area contributed by atoms with E-state index in [2.05, 4.69) is 5.32 Å². The lowest BCUT2D eigenvalue weighted by molar-refractivity contribution is -0.151. The first-order chi connectivity index (χ1) is 13.0. The first kappa shape index (κ1) is 19.4. The summed E-state index contributed by atoms with van der Waals surface area (Å²) in [4.78, 5) is 38.6. The van der Waals surface area contributed by atoms with Gasteiger partial charge in [-0.1, -0.05) is 38.0 Å². The van der Waals surface area contributed by atoms with E-state index in [0.29, 0.717) is 6.54 Å². The number of benzene rings is 1. The third kappa shape index (κ3) is 4.49. The van der Waals surface area contributed by atoms with Gasteiger partial charge >= 0.3 is 5.97 Å². The number of esters is 1. The molecule has 1 saturated carbocycles. The monoisotopic (exact) mass is 372 g/mol. The third-order valence-corrected chi connectivity index (χ3v) is 5.61. The maximum absolute atomic E-state index is 12.3. The fraction of sp³-hybridized carbons (Fsp3) is 0.571. The van der Waals surface area contributed by atoms with Gasteiger partial charge in [0.2, 0.25) is 5.91 Å². The number of hydrogen-bond acceptors (Lipinski definition) is 4. The molecule has 0 radical (unpaired) electrons. The number of nitrogens with one attached hydrogen (secondary N) is 1. The summed E-state index contributed by atoms with van der Waals surface area (Å²) in [7, 11) is 0. The molecule has 1 aromatic rings. The van der Waals surface area contributed by atoms with Gasteiger partial charge in [-0.25, -0.2) is 0 Å². The first-order valence-corrected chi connectivity index (χ1v) is 9.84. The van der Waals surface area contributed by atoms with E-state index in [-0.39, 0.29) is 30.9 Å². The summed E-state index contributed by atoms with van der Waals surface area (Å²) < 4.78 is 5.20. The summed E-state index contributed by atoms with van der Waals surface area (Å²) in [5, 5.41) is 2.84. The molecule has 0 aromatic heterocycles. The molecule has 6 heteroatoms. The number of nitrogens with zero attached hydrogens (tertiary/aromatic N) is 1. The van der Waals surface area contributed by atoms with E-state index in [9.17, 15) is 14.4 Å². The Kier molecular flexibility index (Phi) is 6.14. The SMILES string of the molecule is CCc1cccc(C)c1NC(=O)COC(=O)[C@H]1CC(=O)N(C2CCCC2)C1. The first-order valence-electron chi connectivity index (χ1n) is 9.84. The number of ether oxygens (including phenoxy) is 1. The van der Waals surface area contributed by atoms with E-state index in [1.807, 2.05) is 36.9 Å². The Bertz CT molecular complexity index is 725. The molecule has 1 aliphatic carbocycles. The Balaban J connectivity index is 1.51. The van der Waals surface area contributed by atoms with E-state index in [4.69, 9.17) is 4.74 Å². The van der Waals surface area contributed by atoms with E-state index < -0.39 is 11.9 Å². The second-order valence-corrected chi connectivity index (χ2v) is 7.50. The zero-order chi connectivity index (χ0) is 19.4. The van der Waals surface area contributed by atoms with Crippen LogP contribution in [-0.2, 0) is 25.5 Å². The number of hydrogen-bond donors (Lipinski definition) is 1. The lowest BCUT2D eigenvalue weighted by Gasteiger charge is -2.23. The molecular weight excluding hydrogens is 344 g/mol. The molecule has 6 nitrogen and oxygen atoms in total. The summed E-state index contributed by atoms with van der Waals surface area (Å²) in [6, 6.07) is 6.13. The van der Waals surface area contributed by atoms with Crippen LogP contribution in [0.2, 0.25) is 0 Å². The second kappa shape index (κ2) is 8.55. The Hall–Kier alpha value is -2.37. The Morgan fingerprint density at radius 3 is 2.70 bits per heavy atom. The molecule has 1 N–H and O–H groups in total. The van der Waals surface area contributed by atoms with E-state index in [1.54, 1.807) is 0 Å². The Morgan fingerprint density at radius 2 is 2.00 bits per heavy atom. The van der Waals surface area contributed by atoms with Crippen molar-refractivity contribution in [2.45, 2.75) is 58.4 Å². The Labute approximate surface area is 160 Å². The van der Waals surface area contributed by atoms with E-state index in [1.165, 1.54) is 0 Å². The highest BCUT2D eigenvalue weighted by molar-refractivity contribution is 5.95. The highest BCUT2D eigenvalue weighted by Gasteiger charge is 2.39. The van der Waals surface area contributed by atoms with Crippen LogP contribution < -0.4 is 5.32 Å². The smallest absolute Gasteiger partial charge is 0.311 e. The quantitative estimate of drug-likeness (QED) is 0.779. The lowest BCUT2D eigenvalue weighted by atomic mass is 10.1. The van der Waals surface area contributed by atoms with Crippen LogP contribution in [0.4, 0.5) is 5.69 Å². The van der Waals surface area contributed by atoms with Crippen molar-refractivity contribution in [2.75, 3.05) is 18.5 Å². The van der Waals surface area contributed by atoms with Crippen LogP contribution in [0.1, 0.15) is 50.2 Å². The van der Waals surface area contributed by atoms with Crippen molar-refractivity contribution >= 4 is 23.5 Å². The van der Waals surface area contributed by atoms with Crippen molar-refractivity contribution < 1.29 is 19.1 Å². The second-order valence-electron chi connectivity index (χ2n) is 7.50. The molecule has 146 valence electrons. The number of aryl methyl sites for hydroxylation is 2. The molecule has 1 aliphatic heterocycles. The van der Waals surface area contributed by atoms with Gasteiger partial charge in [-0.15, -0.1) is 0 Å². The van der Waals surface area contributed by atoms with Crippen LogP contribution in [0.15, 0.2) is 18.2 Å². The van der Waals surface area contributed by atoms with Crippen molar-refractivity contribution in [1.29, 1.82) is 0 Å². The van der Waals surface area contributed by atoms with Gasteiger partial charge in [0.15, 0.2) is 6.61 Å². The predicted molar refractivity (Wildman–Crippen MR) is 102 cm³/mol. The van der Waals surface area contributed by atoms with E-state index in [0.717, 1.165) is 48.9 Å². The molecule has 1 saturated heterocycles. The van der Waals surface area contributed by atoms with E-state index >= 15 is 0 Å². The minimum atomic E-state index is -0.462. The summed E-state index contributed by atoms with van der Waals surface area (Å²) in [6.45, 7) is 4.05. The Morgan fingerprint density at radius 1 is 1.26 bits per heavy atom. The number of para-hydroxylation sites is 1. The highest BCUT2D eigenvalue weighted by Crippen LogP contribution is 2.30. The number of rotatable bonds is 6. The minimum Gasteiger partial charge on any atom is -0.455 e. The lowest BCUT2D eigenvalue weighted by Crippen LogP contribution is -2.35. The number of carbonyl (C=O) groups is 3. The molecule has 0 spiro atoms. The molecule has 2 fully saturated rings. The van der Waals surface area contributed by atoms with Crippen LogP contribution in [0.25, 0.3) is 0 Å². The summed E-state index contributed by atoms with van der Waals surface area (Å²) in [5.74, 6) is -1.25. The van der Waals surface area contributed by atoms with Crippen LogP contribution in [-0.4, -0.2) is 41.9 Å².